The third-order valence-corrected chi connectivity index (χ3v) is 0. The molecule has 8 heteroatoms. The molecule has 1 nitrogen and oxygen atoms in total. The molecule has 0 rings (SSSR count). The topological polar surface area (TPSA) is 35.0 Å². The second-order valence-corrected chi connectivity index (χ2v) is 33.8. The Kier molecular flexibility index (Phi) is 31.2. The molecule has 48 valence electrons. The van der Waals surface area contributed by atoms with Crippen molar-refractivity contribution in [1.29, 1.82) is 0 Å². The van der Waals surface area contributed by atoms with E-state index < -0.39 is 16.3 Å². The summed E-state index contributed by atoms with van der Waals surface area (Å²) in [6, 6.07) is 0. The fraction of sp³-hybridized carbons (Fsp3) is 0. The van der Waals surface area contributed by atoms with Crippen LogP contribution < -0.4 is 6.15 Å². The van der Waals surface area contributed by atoms with Gasteiger partial charge in [0, 0.05) is 21.7 Å². The van der Waals surface area contributed by atoms with Crippen LogP contribution in [0.25, 0.3) is 0 Å². The minimum absolute atomic E-state index is 0. The molecule has 0 aromatic rings. The van der Waals surface area contributed by atoms with Crippen LogP contribution in [0.2, 0.25) is 0 Å². The Labute approximate surface area is 115 Å². The minimum Gasteiger partial charge on any atom is -1.00 e. The van der Waals surface area contributed by atoms with Crippen molar-refractivity contribution < 1.29 is 24.6 Å². The number of halogens is 4. The maximum atomic E-state index is 5.05. The molecule has 0 aliphatic heterocycles. The van der Waals surface area contributed by atoms with E-state index in [9.17, 15) is 0 Å². The second kappa shape index (κ2) is 11.0. The molecule has 8 heavy (non-hydrogen) atoms. The Morgan fingerprint density at radius 3 is 1.00 bits per heavy atom. The molecule has 0 aliphatic carbocycles. The van der Waals surface area contributed by atoms with Crippen LogP contribution in [0.3, 0.4) is 0 Å². The number of hydrogen-bond donors (Lipinski definition) is 1. The van der Waals surface area contributed by atoms with E-state index in [0.717, 1.165) is 0 Å². The third-order valence-electron chi connectivity index (χ3n) is 0. The molecule has 0 aromatic carbocycles. The van der Waals surface area contributed by atoms with Gasteiger partial charge in [-0.3, -0.25) is 0 Å². The van der Waals surface area contributed by atoms with E-state index in [0.29, 0.717) is 0 Å². The van der Waals surface area contributed by atoms with Crippen molar-refractivity contribution in [1.82, 2.24) is 6.15 Å². The summed E-state index contributed by atoms with van der Waals surface area (Å²) >= 11 is -3.39. The van der Waals surface area contributed by atoms with E-state index in [-0.39, 0.29) is 68.5 Å². The van der Waals surface area contributed by atoms with Crippen LogP contribution in [-0.4, -0.2) is 54.0 Å². The van der Waals surface area contributed by atoms with Gasteiger partial charge in [0.25, 0.3) is 0 Å². The van der Waals surface area contributed by atoms with Crippen molar-refractivity contribution in [2.45, 2.75) is 0 Å². The molecule has 0 amide bonds. The van der Waals surface area contributed by atoms with Crippen LogP contribution in [0.4, 0.5) is 0 Å². The molecular weight excluding hydrogens is 451 g/mol. The molecule has 0 fully saturated rings. The zero-order chi connectivity index (χ0) is 4.50. The van der Waals surface area contributed by atoms with E-state index in [4.69, 9.17) is 33.3 Å². The molecule has 0 unspecified atom stereocenters. The minimum atomic E-state index is -3.39. The largest absolute Gasteiger partial charge is 1.00 e. The van der Waals surface area contributed by atoms with Crippen LogP contribution in [0, 0.1) is 0 Å². The standard InChI is InChI=1S/Ca.4ClH.H3N.Pb.Ti.2H/h;4*1H;1H3;;;;/q+2;;;;;;+4;;2*-1/p-4. The first kappa shape index (κ1) is 22.7. The zero-order valence-corrected chi connectivity index (χ0v) is 14.6. The fourth-order valence-electron chi connectivity index (χ4n) is 0. The molecule has 0 saturated carbocycles. The van der Waals surface area contributed by atoms with Crippen LogP contribution in [0.1, 0.15) is 2.85 Å². The number of hydrogen-bond acceptors (Lipinski definition) is 1. The Morgan fingerprint density at radius 1 is 1.00 bits per heavy atom. The van der Waals surface area contributed by atoms with E-state index >= 15 is 0 Å². The molecule has 0 bridgehead atoms. The fourth-order valence-corrected chi connectivity index (χ4v) is 0. The first-order valence-corrected chi connectivity index (χ1v) is 19.9. The van der Waals surface area contributed by atoms with Crippen LogP contribution in [0.15, 0.2) is 0 Å². The Balaban J connectivity index is -0.00000000800. The van der Waals surface area contributed by atoms with Gasteiger partial charge in [-0.1, -0.05) is 0 Å². The summed E-state index contributed by atoms with van der Waals surface area (Å²) in [4.78, 5) is 0. The molecule has 0 radical (unpaired) electrons. The maximum Gasteiger partial charge on any atom is 0 e. The molecule has 0 atom stereocenters. The second-order valence-electron chi connectivity index (χ2n) is 0.429. The van der Waals surface area contributed by atoms with Crippen LogP contribution in [0.5, 0.6) is 0 Å². The summed E-state index contributed by atoms with van der Waals surface area (Å²) < 4.78 is 0. The van der Waals surface area contributed by atoms with Gasteiger partial charge < -0.3 is 9.00 Å². The van der Waals surface area contributed by atoms with E-state index in [2.05, 4.69) is 0 Å². The van der Waals surface area contributed by atoms with Crippen LogP contribution in [-0.2, 0) is 21.7 Å². The maximum absolute atomic E-state index is 5.05. The summed E-state index contributed by atoms with van der Waals surface area (Å²) in [6.45, 7) is 0. The van der Waals surface area contributed by atoms with E-state index in [1.165, 1.54) is 0 Å². The zero-order valence-electron chi connectivity index (χ0n) is 5.93. The van der Waals surface area contributed by atoms with Crippen molar-refractivity contribution in [2.24, 2.45) is 0 Å². The molecular formula is H5CaCl4NPbTi. The third kappa shape index (κ3) is 50.5. The molecule has 0 aromatic heterocycles. The summed E-state index contributed by atoms with van der Waals surface area (Å²) in [5.74, 6) is 0. The first-order chi connectivity index (χ1) is 2.00. The van der Waals surface area contributed by atoms with Crippen molar-refractivity contribution in [3.63, 3.8) is 0 Å². The summed E-state index contributed by atoms with van der Waals surface area (Å²) in [5, 5.41) is 0. The van der Waals surface area contributed by atoms with E-state index in [1.54, 1.807) is 0 Å². The molecule has 0 spiro atoms. The van der Waals surface area contributed by atoms with Crippen LogP contribution >= 0.6 is 33.3 Å². The SMILES string of the molecule is N.[Ca+2].[Cl][Pb]([Cl])([Cl])[Cl].[H-].[H-].[Ti]. The van der Waals surface area contributed by atoms with Gasteiger partial charge in [-0.05, 0) is 0 Å². The van der Waals surface area contributed by atoms with Gasteiger partial charge in [-0.25, -0.2) is 0 Å². The van der Waals surface area contributed by atoms with Gasteiger partial charge in [-0.2, -0.15) is 0 Å². The van der Waals surface area contributed by atoms with Gasteiger partial charge in [0.15, 0.2) is 0 Å². The molecule has 3 N–H and O–H groups in total. The van der Waals surface area contributed by atoms with Gasteiger partial charge in [-0.15, -0.1) is 0 Å². The quantitative estimate of drug-likeness (QED) is 0.559. The van der Waals surface area contributed by atoms with Crippen molar-refractivity contribution in [3.05, 3.63) is 0 Å². The Hall–Kier alpha value is 4.02. The molecule has 0 heterocycles. The van der Waals surface area contributed by atoms with Gasteiger partial charge in [0.2, 0.25) is 0 Å². The Bertz CT molecular complexity index is 38.7. The monoisotopic (exact) mass is 455 g/mol. The summed E-state index contributed by atoms with van der Waals surface area (Å²) in [6.07, 6.45) is 0. The predicted octanol–water partition coefficient (Wildman–Crippen LogP) is 2.38. The van der Waals surface area contributed by atoms with Crippen molar-refractivity contribution in [2.75, 3.05) is 0 Å². The van der Waals surface area contributed by atoms with Gasteiger partial charge in [0.1, 0.15) is 0 Å². The van der Waals surface area contributed by atoms with Gasteiger partial charge >= 0.3 is 87.3 Å². The van der Waals surface area contributed by atoms with E-state index in [1.807, 2.05) is 0 Å². The van der Waals surface area contributed by atoms with Crippen molar-refractivity contribution >= 4 is 87.3 Å². The first-order valence-electron chi connectivity index (χ1n) is 0.756. The summed E-state index contributed by atoms with van der Waals surface area (Å²) in [7, 11) is 20.2. The molecule has 0 aliphatic rings. The average Bonchev–Trinajstić information content (AvgIpc) is 0.722. The Morgan fingerprint density at radius 2 is 1.00 bits per heavy atom. The molecule has 0 saturated heterocycles. The number of rotatable bonds is 0. The normalized spacial score (nSPS) is 7.50. The summed E-state index contributed by atoms with van der Waals surface area (Å²) in [5.41, 5.74) is 0. The van der Waals surface area contributed by atoms with Crippen molar-refractivity contribution in [3.8, 4) is 0 Å². The average molecular weight is 456 g/mol. The van der Waals surface area contributed by atoms with Gasteiger partial charge in [0.05, 0.1) is 0 Å². The smallest absolute Gasteiger partial charge is 0 e. The predicted molar refractivity (Wildman–Crippen MR) is 42.2 cm³/mol.